The van der Waals surface area contributed by atoms with Crippen LogP contribution >= 0.6 is 11.6 Å². The third-order valence-electron chi connectivity index (χ3n) is 4.47. The van der Waals surface area contributed by atoms with Crippen LogP contribution in [0.4, 0.5) is 5.69 Å². The van der Waals surface area contributed by atoms with Crippen molar-refractivity contribution in [2.45, 2.75) is 13.8 Å². The first-order valence-electron chi connectivity index (χ1n) is 8.51. The minimum absolute atomic E-state index is 0.201. The molecule has 4 aromatic rings. The number of hydrogen-bond donors (Lipinski definition) is 1. The van der Waals surface area contributed by atoms with Gasteiger partial charge in [-0.2, -0.15) is 4.80 Å². The molecule has 3 aromatic carbocycles. The normalized spacial score (nSPS) is 10.9. The maximum atomic E-state index is 12.4. The number of halogens is 1. The number of carbonyl (C=O) groups excluding carboxylic acids is 1. The first-order chi connectivity index (χ1) is 13.0. The number of fused-ring (bicyclic) bond motifs is 1. The van der Waals surface area contributed by atoms with Gasteiger partial charge in [-0.25, -0.2) is 0 Å². The fraction of sp³-hybridized carbons (Fsp3) is 0.0952. The number of carbonyl (C=O) groups is 1. The number of rotatable bonds is 3. The van der Waals surface area contributed by atoms with Gasteiger partial charge in [-0.15, -0.1) is 10.2 Å². The predicted octanol–water partition coefficient (Wildman–Crippen LogP) is 4.94. The Bertz CT molecular complexity index is 1150. The molecule has 27 heavy (non-hydrogen) atoms. The zero-order valence-corrected chi connectivity index (χ0v) is 15.7. The van der Waals surface area contributed by atoms with E-state index in [-0.39, 0.29) is 5.91 Å². The van der Waals surface area contributed by atoms with Gasteiger partial charge in [0.1, 0.15) is 11.0 Å². The Morgan fingerprint density at radius 2 is 1.63 bits per heavy atom. The van der Waals surface area contributed by atoms with Crippen LogP contribution in [0.1, 0.15) is 21.5 Å². The molecule has 5 nitrogen and oxygen atoms in total. The molecule has 0 atom stereocenters. The maximum Gasteiger partial charge on any atom is 0.255 e. The van der Waals surface area contributed by atoms with Crippen molar-refractivity contribution in [3.8, 4) is 5.69 Å². The molecule has 1 amide bonds. The highest BCUT2D eigenvalue weighted by Gasteiger charge is 2.09. The fourth-order valence-electron chi connectivity index (χ4n) is 2.76. The molecule has 0 aliphatic carbocycles. The van der Waals surface area contributed by atoms with Crippen molar-refractivity contribution >= 4 is 34.2 Å². The Hall–Kier alpha value is -3.18. The molecule has 0 saturated carbocycles. The lowest BCUT2D eigenvalue weighted by Crippen LogP contribution is -2.11. The lowest BCUT2D eigenvalue weighted by atomic mass is 10.1. The molecule has 0 saturated heterocycles. The largest absolute Gasteiger partial charge is 0.322 e. The van der Waals surface area contributed by atoms with Gasteiger partial charge in [0.2, 0.25) is 0 Å². The molecule has 0 aliphatic heterocycles. The Labute approximate surface area is 161 Å². The minimum Gasteiger partial charge on any atom is -0.322 e. The van der Waals surface area contributed by atoms with E-state index in [0.29, 0.717) is 21.8 Å². The van der Waals surface area contributed by atoms with Crippen LogP contribution in [0.15, 0.2) is 60.7 Å². The Balaban J connectivity index is 1.61. The quantitative estimate of drug-likeness (QED) is 0.550. The van der Waals surface area contributed by atoms with E-state index in [1.165, 1.54) is 11.1 Å². The summed E-state index contributed by atoms with van der Waals surface area (Å²) in [4.78, 5) is 14.0. The summed E-state index contributed by atoms with van der Waals surface area (Å²) in [5, 5.41) is 12.5. The molecule has 0 spiro atoms. The zero-order valence-electron chi connectivity index (χ0n) is 14.9. The van der Waals surface area contributed by atoms with E-state index < -0.39 is 0 Å². The standard InChI is InChI=1S/C21H17ClN4O/c1-13-3-9-18(11-14(13)2)26-24-19-10-8-17(12-20(19)25-26)23-21(27)15-4-6-16(22)7-5-15/h3-12H,1-2H3,(H,23,27). The van der Waals surface area contributed by atoms with Gasteiger partial charge in [-0.1, -0.05) is 17.7 Å². The van der Waals surface area contributed by atoms with Crippen LogP contribution in [-0.2, 0) is 0 Å². The molecule has 0 aliphatic rings. The predicted molar refractivity (Wildman–Crippen MR) is 108 cm³/mol. The van der Waals surface area contributed by atoms with Crippen LogP contribution in [0, 0.1) is 13.8 Å². The van der Waals surface area contributed by atoms with Gasteiger partial charge in [0.15, 0.2) is 0 Å². The van der Waals surface area contributed by atoms with Crippen LogP contribution in [0.25, 0.3) is 16.7 Å². The average molecular weight is 377 g/mol. The Morgan fingerprint density at radius 3 is 2.37 bits per heavy atom. The summed E-state index contributed by atoms with van der Waals surface area (Å²) in [6.07, 6.45) is 0. The van der Waals surface area contributed by atoms with Gasteiger partial charge in [0.05, 0.1) is 5.69 Å². The van der Waals surface area contributed by atoms with Gasteiger partial charge in [0, 0.05) is 16.3 Å². The molecule has 1 heterocycles. The highest BCUT2D eigenvalue weighted by atomic mass is 35.5. The van der Waals surface area contributed by atoms with Gasteiger partial charge >= 0.3 is 0 Å². The summed E-state index contributed by atoms with van der Waals surface area (Å²) in [7, 11) is 0. The van der Waals surface area contributed by atoms with Crippen LogP contribution in [0.5, 0.6) is 0 Å². The molecule has 4 rings (SSSR count). The number of hydrogen-bond acceptors (Lipinski definition) is 3. The van der Waals surface area contributed by atoms with Crippen molar-refractivity contribution in [3.05, 3.63) is 82.4 Å². The topological polar surface area (TPSA) is 59.8 Å². The second kappa shape index (κ2) is 6.85. The van der Waals surface area contributed by atoms with Gasteiger partial charge in [-0.3, -0.25) is 4.79 Å². The van der Waals surface area contributed by atoms with Crippen molar-refractivity contribution in [2.24, 2.45) is 0 Å². The number of aromatic nitrogens is 3. The van der Waals surface area contributed by atoms with Crippen molar-refractivity contribution in [1.29, 1.82) is 0 Å². The molecule has 0 unspecified atom stereocenters. The second-order valence-corrected chi connectivity index (χ2v) is 6.86. The summed E-state index contributed by atoms with van der Waals surface area (Å²) in [6.45, 7) is 4.13. The molecule has 1 N–H and O–H groups in total. The lowest BCUT2D eigenvalue weighted by Gasteiger charge is -2.05. The first kappa shape index (κ1) is 17.2. The van der Waals surface area contributed by atoms with Crippen LogP contribution in [0.2, 0.25) is 5.02 Å². The van der Waals surface area contributed by atoms with E-state index in [9.17, 15) is 4.79 Å². The Kier molecular flexibility index (Phi) is 4.38. The van der Waals surface area contributed by atoms with E-state index >= 15 is 0 Å². The van der Waals surface area contributed by atoms with E-state index in [2.05, 4.69) is 41.5 Å². The number of nitrogens with one attached hydrogen (secondary N) is 1. The Morgan fingerprint density at radius 1 is 0.889 bits per heavy atom. The number of aryl methyl sites for hydroxylation is 2. The number of amides is 1. The minimum atomic E-state index is -0.201. The average Bonchev–Trinajstić information content (AvgIpc) is 3.08. The molecule has 0 radical (unpaired) electrons. The molecule has 6 heteroatoms. The number of nitrogens with zero attached hydrogens (tertiary/aromatic N) is 3. The monoisotopic (exact) mass is 376 g/mol. The maximum absolute atomic E-state index is 12.4. The van der Waals surface area contributed by atoms with Crippen LogP contribution in [0.3, 0.4) is 0 Å². The molecule has 0 fully saturated rings. The van der Waals surface area contributed by atoms with Gasteiger partial charge in [0.25, 0.3) is 5.91 Å². The summed E-state index contributed by atoms with van der Waals surface area (Å²) >= 11 is 5.86. The highest BCUT2D eigenvalue weighted by Crippen LogP contribution is 2.20. The molecule has 0 bridgehead atoms. The summed E-state index contributed by atoms with van der Waals surface area (Å²) < 4.78 is 0. The van der Waals surface area contributed by atoms with Crippen molar-refractivity contribution < 1.29 is 4.79 Å². The van der Waals surface area contributed by atoms with E-state index in [1.807, 2.05) is 24.3 Å². The summed E-state index contributed by atoms with van der Waals surface area (Å²) in [5.41, 5.74) is 5.99. The summed E-state index contributed by atoms with van der Waals surface area (Å²) in [6, 6.07) is 18.3. The smallest absolute Gasteiger partial charge is 0.255 e. The third kappa shape index (κ3) is 3.55. The van der Waals surface area contributed by atoms with Gasteiger partial charge in [-0.05, 0) is 79.6 Å². The molecule has 1 aromatic heterocycles. The molecular formula is C21H17ClN4O. The SMILES string of the molecule is Cc1ccc(-n2nc3ccc(NC(=O)c4ccc(Cl)cc4)cc3n2)cc1C. The van der Waals surface area contributed by atoms with E-state index in [0.717, 1.165) is 11.2 Å². The zero-order chi connectivity index (χ0) is 19.0. The number of anilines is 1. The van der Waals surface area contributed by atoms with Gasteiger partial charge < -0.3 is 5.32 Å². The molecule has 134 valence electrons. The van der Waals surface area contributed by atoms with Crippen molar-refractivity contribution in [3.63, 3.8) is 0 Å². The molecular weight excluding hydrogens is 360 g/mol. The third-order valence-corrected chi connectivity index (χ3v) is 4.72. The second-order valence-electron chi connectivity index (χ2n) is 6.42. The van der Waals surface area contributed by atoms with E-state index in [1.54, 1.807) is 29.1 Å². The van der Waals surface area contributed by atoms with E-state index in [4.69, 9.17) is 11.6 Å². The fourth-order valence-corrected chi connectivity index (χ4v) is 2.89. The lowest BCUT2D eigenvalue weighted by molar-refractivity contribution is 0.102. The highest BCUT2D eigenvalue weighted by molar-refractivity contribution is 6.30. The van der Waals surface area contributed by atoms with Crippen molar-refractivity contribution in [2.75, 3.05) is 5.32 Å². The number of benzene rings is 3. The van der Waals surface area contributed by atoms with Crippen molar-refractivity contribution in [1.82, 2.24) is 15.0 Å². The van der Waals surface area contributed by atoms with Crippen LogP contribution in [-0.4, -0.2) is 20.9 Å². The summed E-state index contributed by atoms with van der Waals surface area (Å²) in [5.74, 6) is -0.201. The van der Waals surface area contributed by atoms with Crippen LogP contribution < -0.4 is 5.32 Å². The first-order valence-corrected chi connectivity index (χ1v) is 8.89.